The van der Waals surface area contributed by atoms with E-state index in [0.717, 1.165) is 18.4 Å². The molecule has 1 unspecified atom stereocenters. The van der Waals surface area contributed by atoms with Crippen LogP contribution in [0.5, 0.6) is 0 Å². The maximum Gasteiger partial charge on any atom is 0.202 e. The molecule has 2 aromatic carbocycles. The summed E-state index contributed by atoms with van der Waals surface area (Å²) in [5, 5.41) is 0. The third-order valence-electron chi connectivity index (χ3n) is 3.98. The molecular formula is C19H20O3S. The molecule has 1 aliphatic heterocycles. The molecule has 0 radical (unpaired) electrons. The van der Waals surface area contributed by atoms with Crippen molar-refractivity contribution >= 4 is 15.9 Å². The van der Waals surface area contributed by atoms with Gasteiger partial charge in [0.05, 0.1) is 15.9 Å². The minimum absolute atomic E-state index is 0.0107. The lowest BCUT2D eigenvalue weighted by molar-refractivity contribution is 0.113. The van der Waals surface area contributed by atoms with Gasteiger partial charge in [-0.15, -0.1) is 0 Å². The quantitative estimate of drug-likeness (QED) is 0.831. The predicted octanol–water partition coefficient (Wildman–Crippen LogP) is 4.07. The van der Waals surface area contributed by atoms with Gasteiger partial charge in [-0.2, -0.15) is 0 Å². The van der Waals surface area contributed by atoms with E-state index >= 15 is 0 Å². The van der Waals surface area contributed by atoms with E-state index in [9.17, 15) is 8.42 Å². The average molecular weight is 328 g/mol. The van der Waals surface area contributed by atoms with E-state index in [2.05, 4.69) is 0 Å². The molecule has 1 fully saturated rings. The Morgan fingerprint density at radius 1 is 1.04 bits per heavy atom. The van der Waals surface area contributed by atoms with Crippen molar-refractivity contribution in [2.45, 2.75) is 30.3 Å². The Balaban J connectivity index is 1.99. The second kappa shape index (κ2) is 7.11. The SMILES string of the molecule is O=S(=O)(/C(=C/c1ccccc1)CC1CCCO1)c1ccccc1. The Bertz CT molecular complexity index is 759. The fourth-order valence-electron chi connectivity index (χ4n) is 2.76. The van der Waals surface area contributed by atoms with Crippen LogP contribution in [-0.4, -0.2) is 21.1 Å². The summed E-state index contributed by atoms with van der Waals surface area (Å²) in [5.41, 5.74) is 0.889. The summed E-state index contributed by atoms with van der Waals surface area (Å²) < 4.78 is 31.6. The van der Waals surface area contributed by atoms with Crippen LogP contribution in [0.3, 0.4) is 0 Å². The highest BCUT2D eigenvalue weighted by Gasteiger charge is 2.26. The van der Waals surface area contributed by atoms with Crippen LogP contribution < -0.4 is 0 Å². The van der Waals surface area contributed by atoms with Crippen molar-refractivity contribution in [1.82, 2.24) is 0 Å². The normalized spacial score (nSPS) is 19.0. The third kappa shape index (κ3) is 3.89. The second-order valence-corrected chi connectivity index (χ2v) is 7.68. The Hall–Kier alpha value is -1.91. The first kappa shape index (κ1) is 16.0. The van der Waals surface area contributed by atoms with E-state index in [1.54, 1.807) is 30.3 Å². The summed E-state index contributed by atoms with van der Waals surface area (Å²) in [6.07, 6.45) is 4.09. The lowest BCUT2D eigenvalue weighted by Crippen LogP contribution is -2.13. The molecule has 0 aromatic heterocycles. The largest absolute Gasteiger partial charge is 0.378 e. The Labute approximate surface area is 137 Å². The number of hydrogen-bond donors (Lipinski definition) is 0. The highest BCUT2D eigenvalue weighted by Crippen LogP contribution is 2.29. The molecule has 120 valence electrons. The van der Waals surface area contributed by atoms with E-state index in [0.29, 0.717) is 22.8 Å². The topological polar surface area (TPSA) is 43.4 Å². The maximum absolute atomic E-state index is 13.0. The average Bonchev–Trinajstić information content (AvgIpc) is 3.09. The van der Waals surface area contributed by atoms with Gasteiger partial charge in [0.2, 0.25) is 9.84 Å². The van der Waals surface area contributed by atoms with Gasteiger partial charge in [-0.05, 0) is 36.6 Å². The van der Waals surface area contributed by atoms with Crippen molar-refractivity contribution < 1.29 is 13.2 Å². The van der Waals surface area contributed by atoms with E-state index < -0.39 is 9.84 Å². The van der Waals surface area contributed by atoms with Crippen molar-refractivity contribution in [3.05, 3.63) is 71.1 Å². The van der Waals surface area contributed by atoms with Crippen molar-refractivity contribution in [3.8, 4) is 0 Å². The first-order chi connectivity index (χ1) is 11.2. The number of hydrogen-bond acceptors (Lipinski definition) is 3. The Morgan fingerprint density at radius 3 is 2.30 bits per heavy atom. The smallest absolute Gasteiger partial charge is 0.202 e. The van der Waals surface area contributed by atoms with E-state index in [-0.39, 0.29) is 6.10 Å². The molecule has 3 nitrogen and oxygen atoms in total. The monoisotopic (exact) mass is 328 g/mol. The number of rotatable bonds is 5. The molecule has 0 saturated carbocycles. The number of sulfone groups is 1. The summed E-state index contributed by atoms with van der Waals surface area (Å²) in [7, 11) is -3.51. The van der Waals surface area contributed by atoms with Crippen LogP contribution in [0.15, 0.2) is 70.5 Å². The predicted molar refractivity (Wildman–Crippen MR) is 91.6 cm³/mol. The van der Waals surface area contributed by atoms with Gasteiger partial charge in [-0.1, -0.05) is 48.5 Å². The van der Waals surface area contributed by atoms with Gasteiger partial charge in [-0.3, -0.25) is 0 Å². The molecule has 1 heterocycles. The van der Waals surface area contributed by atoms with Crippen LogP contribution in [0, 0.1) is 0 Å². The molecule has 23 heavy (non-hydrogen) atoms. The second-order valence-electron chi connectivity index (χ2n) is 5.68. The van der Waals surface area contributed by atoms with Crippen LogP contribution in [-0.2, 0) is 14.6 Å². The van der Waals surface area contributed by atoms with Gasteiger partial charge in [0.15, 0.2) is 0 Å². The maximum atomic E-state index is 13.0. The molecule has 0 N–H and O–H groups in total. The van der Waals surface area contributed by atoms with Gasteiger partial charge in [0, 0.05) is 13.0 Å². The summed E-state index contributed by atoms with van der Waals surface area (Å²) in [6, 6.07) is 18.2. The number of ether oxygens (including phenoxy) is 1. The van der Waals surface area contributed by atoms with Crippen LogP contribution in [0.2, 0.25) is 0 Å². The third-order valence-corrected chi connectivity index (χ3v) is 5.85. The van der Waals surface area contributed by atoms with Crippen LogP contribution in [0.1, 0.15) is 24.8 Å². The van der Waals surface area contributed by atoms with Crippen LogP contribution in [0.25, 0.3) is 6.08 Å². The number of benzene rings is 2. The molecular weight excluding hydrogens is 308 g/mol. The van der Waals surface area contributed by atoms with Crippen LogP contribution >= 0.6 is 0 Å². The fraction of sp³-hybridized carbons (Fsp3) is 0.263. The van der Waals surface area contributed by atoms with Gasteiger partial charge in [-0.25, -0.2) is 8.42 Å². The molecule has 0 aliphatic carbocycles. The molecule has 3 rings (SSSR count). The molecule has 0 spiro atoms. The van der Waals surface area contributed by atoms with Gasteiger partial charge in [0.1, 0.15) is 0 Å². The van der Waals surface area contributed by atoms with E-state index in [1.807, 2.05) is 36.4 Å². The zero-order valence-electron chi connectivity index (χ0n) is 12.9. The highest BCUT2D eigenvalue weighted by atomic mass is 32.2. The molecule has 2 aromatic rings. The highest BCUT2D eigenvalue weighted by molar-refractivity contribution is 7.95. The molecule has 0 bridgehead atoms. The Kier molecular flexibility index (Phi) is 4.94. The zero-order chi connectivity index (χ0) is 16.1. The molecule has 4 heteroatoms. The van der Waals surface area contributed by atoms with Gasteiger partial charge < -0.3 is 4.74 Å². The Morgan fingerprint density at radius 2 is 1.70 bits per heavy atom. The molecule has 1 saturated heterocycles. The van der Waals surface area contributed by atoms with Crippen LogP contribution in [0.4, 0.5) is 0 Å². The van der Waals surface area contributed by atoms with Crippen molar-refractivity contribution in [1.29, 1.82) is 0 Å². The van der Waals surface area contributed by atoms with Crippen molar-refractivity contribution in [2.75, 3.05) is 6.61 Å². The summed E-state index contributed by atoms with van der Waals surface area (Å²) in [5.74, 6) is 0. The standard InChI is InChI=1S/C19H20O3S/c20-23(21,18-11-5-2-6-12-18)19(15-17-10-7-13-22-17)14-16-8-3-1-4-9-16/h1-6,8-9,11-12,14,17H,7,10,13,15H2/b19-14+. The first-order valence-corrected chi connectivity index (χ1v) is 9.32. The van der Waals surface area contributed by atoms with Crippen molar-refractivity contribution in [3.63, 3.8) is 0 Å². The molecule has 1 atom stereocenters. The lowest BCUT2D eigenvalue weighted by atomic mass is 10.1. The van der Waals surface area contributed by atoms with E-state index in [4.69, 9.17) is 4.74 Å². The first-order valence-electron chi connectivity index (χ1n) is 7.83. The minimum atomic E-state index is -3.51. The molecule has 1 aliphatic rings. The van der Waals surface area contributed by atoms with Gasteiger partial charge >= 0.3 is 0 Å². The summed E-state index contributed by atoms with van der Waals surface area (Å²) >= 11 is 0. The zero-order valence-corrected chi connectivity index (χ0v) is 13.7. The van der Waals surface area contributed by atoms with Crippen molar-refractivity contribution in [2.24, 2.45) is 0 Å². The summed E-state index contributed by atoms with van der Waals surface area (Å²) in [4.78, 5) is 0.752. The molecule has 0 amide bonds. The summed E-state index contributed by atoms with van der Waals surface area (Å²) in [6.45, 7) is 0.717. The van der Waals surface area contributed by atoms with Gasteiger partial charge in [0.25, 0.3) is 0 Å². The lowest BCUT2D eigenvalue weighted by Gasteiger charge is -2.14. The minimum Gasteiger partial charge on any atom is -0.378 e. The van der Waals surface area contributed by atoms with E-state index in [1.165, 1.54) is 0 Å². The fourth-order valence-corrected chi connectivity index (χ4v) is 4.28.